The quantitative estimate of drug-likeness (QED) is 0.817. The Hall–Kier alpha value is -1.70. The molecule has 3 rings (SSSR count). The smallest absolute Gasteiger partial charge is 0.240 e. The molecule has 7 heteroatoms. The second-order valence-corrected chi connectivity index (χ2v) is 9.09. The van der Waals surface area contributed by atoms with Gasteiger partial charge in [0.05, 0.1) is 10.6 Å². The van der Waals surface area contributed by atoms with Crippen LogP contribution >= 0.6 is 0 Å². The zero-order chi connectivity index (χ0) is 19.4. The summed E-state index contributed by atoms with van der Waals surface area (Å²) in [6, 6.07) is 5.37. The number of nitrogens with zero attached hydrogens (tertiary/aromatic N) is 2. The van der Waals surface area contributed by atoms with Gasteiger partial charge in [0.25, 0.3) is 0 Å². The third-order valence-electron chi connectivity index (χ3n) is 5.32. The largest absolute Gasteiger partial charge is 0.356 e. The summed E-state index contributed by atoms with van der Waals surface area (Å²) in [4.78, 5) is 2.64. The fourth-order valence-corrected chi connectivity index (χ4v) is 4.78. The first-order valence-electron chi connectivity index (χ1n) is 9.64. The van der Waals surface area contributed by atoms with Crippen LogP contribution in [0.2, 0.25) is 0 Å². The molecule has 6 nitrogen and oxygen atoms in total. The lowest BCUT2D eigenvalue weighted by Crippen LogP contribution is -2.35. The summed E-state index contributed by atoms with van der Waals surface area (Å²) >= 11 is 0. The summed E-state index contributed by atoms with van der Waals surface area (Å²) in [6.45, 7) is 8.89. The zero-order valence-electron chi connectivity index (χ0n) is 16.4. The molecule has 0 saturated carbocycles. The first-order chi connectivity index (χ1) is 12.9. The number of likely N-dealkylation sites (tertiary alicyclic amines) is 1. The number of rotatable bonds is 6. The molecule has 1 aromatic carbocycles. The number of hydrogen-bond donors (Lipinski definition) is 1. The van der Waals surface area contributed by atoms with E-state index in [4.69, 9.17) is 4.52 Å². The van der Waals surface area contributed by atoms with E-state index in [2.05, 4.69) is 14.8 Å². The number of hydrogen-bond acceptors (Lipinski definition) is 5. The maximum atomic E-state index is 12.9. The second-order valence-electron chi connectivity index (χ2n) is 7.36. The van der Waals surface area contributed by atoms with Crippen molar-refractivity contribution in [1.82, 2.24) is 14.8 Å². The number of sulfonamides is 1. The maximum absolute atomic E-state index is 12.9. The van der Waals surface area contributed by atoms with Gasteiger partial charge < -0.3 is 9.42 Å². The van der Waals surface area contributed by atoms with Gasteiger partial charge in [0, 0.05) is 24.2 Å². The highest BCUT2D eigenvalue weighted by Crippen LogP contribution is 2.28. The lowest BCUT2D eigenvalue weighted by atomic mass is 10.1. The third kappa shape index (κ3) is 4.78. The lowest BCUT2D eigenvalue weighted by Gasteiger charge is -2.20. The minimum atomic E-state index is -3.58. The van der Waals surface area contributed by atoms with Gasteiger partial charge in [-0.05, 0) is 58.3 Å². The predicted octanol–water partition coefficient (Wildman–Crippen LogP) is 3.42. The van der Waals surface area contributed by atoms with Gasteiger partial charge in [-0.25, -0.2) is 13.1 Å². The van der Waals surface area contributed by atoms with Gasteiger partial charge in [0.15, 0.2) is 5.76 Å². The average molecular weight is 392 g/mol. The summed E-state index contributed by atoms with van der Waals surface area (Å²) in [5.74, 6) is 0.619. The van der Waals surface area contributed by atoms with Gasteiger partial charge in [-0.15, -0.1) is 0 Å². The predicted molar refractivity (Wildman–Crippen MR) is 106 cm³/mol. The molecule has 1 saturated heterocycles. The van der Waals surface area contributed by atoms with E-state index in [0.29, 0.717) is 17.2 Å². The van der Waals surface area contributed by atoms with Crippen molar-refractivity contribution in [3.8, 4) is 11.3 Å². The molecule has 148 valence electrons. The van der Waals surface area contributed by atoms with Crippen molar-refractivity contribution in [3.63, 3.8) is 0 Å². The van der Waals surface area contributed by atoms with Crippen LogP contribution in [0.25, 0.3) is 11.3 Å². The topological polar surface area (TPSA) is 75.4 Å². The Balaban J connectivity index is 1.73. The molecule has 2 heterocycles. The molecule has 1 aliphatic rings. The second kappa shape index (κ2) is 8.54. The highest BCUT2D eigenvalue weighted by Gasteiger charge is 2.20. The van der Waals surface area contributed by atoms with Crippen molar-refractivity contribution >= 4 is 10.0 Å². The first-order valence-corrected chi connectivity index (χ1v) is 11.1. The van der Waals surface area contributed by atoms with Gasteiger partial charge in [-0.3, -0.25) is 0 Å². The van der Waals surface area contributed by atoms with Crippen molar-refractivity contribution in [1.29, 1.82) is 0 Å². The minimum absolute atomic E-state index is 0.296. The minimum Gasteiger partial charge on any atom is -0.356 e. The van der Waals surface area contributed by atoms with Crippen LogP contribution < -0.4 is 4.72 Å². The Kier molecular flexibility index (Phi) is 6.34. The van der Waals surface area contributed by atoms with E-state index >= 15 is 0 Å². The highest BCUT2D eigenvalue weighted by atomic mass is 32.2. The molecule has 0 bridgehead atoms. The van der Waals surface area contributed by atoms with E-state index in [1.807, 2.05) is 32.9 Å². The lowest BCUT2D eigenvalue weighted by molar-refractivity contribution is 0.290. The molecule has 1 N–H and O–H groups in total. The zero-order valence-corrected chi connectivity index (χ0v) is 17.2. The highest BCUT2D eigenvalue weighted by molar-refractivity contribution is 7.89. The third-order valence-corrected chi connectivity index (χ3v) is 6.92. The van der Waals surface area contributed by atoms with Gasteiger partial charge >= 0.3 is 0 Å². The molecule has 1 aromatic heterocycles. The van der Waals surface area contributed by atoms with E-state index < -0.39 is 10.0 Å². The molecule has 0 aliphatic carbocycles. The molecular formula is C20H29N3O3S. The van der Waals surface area contributed by atoms with Crippen LogP contribution in [0.5, 0.6) is 0 Å². The van der Waals surface area contributed by atoms with Crippen LogP contribution in [0.4, 0.5) is 0 Å². The van der Waals surface area contributed by atoms with Crippen molar-refractivity contribution in [2.24, 2.45) is 0 Å². The number of benzene rings is 1. The fraction of sp³-hybridized carbons (Fsp3) is 0.550. The SMILES string of the molecule is Cc1ccc(-c2onc(C)c2C)cc1S(=O)(=O)NCCN1CCCCCC1. The van der Waals surface area contributed by atoms with Gasteiger partial charge in [0.2, 0.25) is 10.0 Å². The Labute approximate surface area is 162 Å². The number of nitrogens with one attached hydrogen (secondary N) is 1. The van der Waals surface area contributed by atoms with Crippen molar-refractivity contribution in [3.05, 3.63) is 35.0 Å². The molecule has 0 atom stereocenters. The molecule has 1 aliphatic heterocycles. The van der Waals surface area contributed by atoms with Gasteiger partial charge in [-0.2, -0.15) is 0 Å². The molecule has 27 heavy (non-hydrogen) atoms. The standard InChI is InChI=1S/C20H29N3O3S/c1-15-8-9-18(20-16(2)17(3)22-26-20)14-19(15)27(24,25)21-10-13-23-11-6-4-5-7-12-23/h8-9,14,21H,4-7,10-13H2,1-3H3. The molecule has 2 aromatic rings. The van der Waals surface area contributed by atoms with Crippen LogP contribution in [0.15, 0.2) is 27.6 Å². The summed E-state index contributed by atoms with van der Waals surface area (Å²) in [6.07, 6.45) is 4.94. The number of aromatic nitrogens is 1. The molecule has 0 radical (unpaired) electrons. The van der Waals surface area contributed by atoms with Crippen molar-refractivity contribution in [2.45, 2.75) is 51.3 Å². The molecule has 1 fully saturated rings. The van der Waals surface area contributed by atoms with Crippen LogP contribution in [-0.2, 0) is 10.0 Å². The Morgan fingerprint density at radius 3 is 2.44 bits per heavy atom. The molecule has 0 spiro atoms. The summed E-state index contributed by atoms with van der Waals surface area (Å²) < 4.78 is 33.9. The first kappa shape index (κ1) is 20.0. The normalized spacial score (nSPS) is 16.4. The van der Waals surface area contributed by atoms with E-state index in [0.717, 1.165) is 42.0 Å². The van der Waals surface area contributed by atoms with E-state index in [1.165, 1.54) is 25.7 Å². The number of aryl methyl sites for hydroxylation is 2. The van der Waals surface area contributed by atoms with E-state index in [1.54, 1.807) is 6.07 Å². The van der Waals surface area contributed by atoms with Crippen molar-refractivity contribution < 1.29 is 12.9 Å². The van der Waals surface area contributed by atoms with E-state index in [9.17, 15) is 8.42 Å². The fourth-order valence-electron chi connectivity index (χ4n) is 3.49. The van der Waals surface area contributed by atoms with Crippen LogP contribution in [0, 0.1) is 20.8 Å². The monoisotopic (exact) mass is 391 g/mol. The molecular weight excluding hydrogens is 362 g/mol. The van der Waals surface area contributed by atoms with Crippen LogP contribution in [0.3, 0.4) is 0 Å². The maximum Gasteiger partial charge on any atom is 0.240 e. The Bertz CT molecular complexity index is 882. The van der Waals surface area contributed by atoms with Gasteiger partial charge in [-0.1, -0.05) is 30.1 Å². The summed E-state index contributed by atoms with van der Waals surface area (Å²) in [5, 5.41) is 3.97. The molecule has 0 amide bonds. The van der Waals surface area contributed by atoms with Crippen LogP contribution in [-0.4, -0.2) is 44.7 Å². The average Bonchev–Trinajstić information content (AvgIpc) is 2.83. The molecule has 0 unspecified atom stereocenters. The van der Waals surface area contributed by atoms with Crippen LogP contribution in [0.1, 0.15) is 42.5 Å². The Morgan fingerprint density at radius 1 is 1.11 bits per heavy atom. The van der Waals surface area contributed by atoms with Crippen molar-refractivity contribution in [2.75, 3.05) is 26.2 Å². The van der Waals surface area contributed by atoms with Gasteiger partial charge in [0.1, 0.15) is 0 Å². The summed E-state index contributed by atoms with van der Waals surface area (Å²) in [7, 11) is -3.58. The Morgan fingerprint density at radius 2 is 1.81 bits per heavy atom. The summed E-state index contributed by atoms with van der Waals surface area (Å²) in [5.41, 5.74) is 3.18. The van der Waals surface area contributed by atoms with E-state index in [-0.39, 0.29) is 0 Å².